The highest BCUT2D eigenvalue weighted by molar-refractivity contribution is 6.03. The van der Waals surface area contributed by atoms with Crippen LogP contribution in [-0.2, 0) is 9.59 Å². The van der Waals surface area contributed by atoms with Gasteiger partial charge in [-0.3, -0.25) is 9.59 Å². The summed E-state index contributed by atoms with van der Waals surface area (Å²) in [5.74, 6) is -1.06. The molecular weight excluding hydrogens is 361 g/mol. The highest BCUT2D eigenvalue weighted by atomic mass is 19.4. The number of nitrogens with zero attached hydrogens (tertiary/aromatic N) is 1. The number of alkyl halides is 3. The minimum Gasteiger partial charge on any atom is -0.484 e. The Kier molecular flexibility index (Phi) is 5.34. The number of carbonyl (C=O) groups is 2. The summed E-state index contributed by atoms with van der Waals surface area (Å²) in [6.07, 6.45) is -4.37. The van der Waals surface area contributed by atoms with Gasteiger partial charge in [-0.25, -0.2) is 0 Å². The maximum atomic E-state index is 12.5. The predicted molar refractivity (Wildman–Crippen MR) is 93.5 cm³/mol. The van der Waals surface area contributed by atoms with Crippen molar-refractivity contribution >= 4 is 23.2 Å². The number of amides is 2. The lowest BCUT2D eigenvalue weighted by Crippen LogP contribution is -2.28. The maximum absolute atomic E-state index is 12.5. The topological polar surface area (TPSA) is 58.6 Å². The first-order valence-corrected chi connectivity index (χ1v) is 8.28. The Morgan fingerprint density at radius 3 is 2.59 bits per heavy atom. The molecule has 1 saturated heterocycles. The number of ether oxygens (including phenoxy) is 1. The molecule has 0 saturated carbocycles. The molecule has 2 aromatic carbocycles. The molecule has 3 rings (SSSR count). The van der Waals surface area contributed by atoms with Crippen LogP contribution in [0, 0.1) is 5.92 Å². The number of carbonyl (C=O) groups excluding carboxylic acids is 2. The first-order valence-electron chi connectivity index (χ1n) is 8.28. The van der Waals surface area contributed by atoms with Crippen LogP contribution in [0.5, 0.6) is 5.75 Å². The average Bonchev–Trinajstić information content (AvgIpc) is 3.02. The molecule has 1 atom stereocenters. The molecule has 8 heteroatoms. The third-order valence-corrected chi connectivity index (χ3v) is 4.07. The number of rotatable bonds is 5. The number of nitrogens with one attached hydrogen (secondary N) is 1. The quantitative estimate of drug-likeness (QED) is 0.865. The molecule has 1 fully saturated rings. The van der Waals surface area contributed by atoms with Crippen LogP contribution < -0.4 is 15.0 Å². The van der Waals surface area contributed by atoms with Gasteiger partial charge in [0.2, 0.25) is 11.8 Å². The summed E-state index contributed by atoms with van der Waals surface area (Å²) >= 11 is 0. The van der Waals surface area contributed by atoms with E-state index >= 15 is 0 Å². The van der Waals surface area contributed by atoms with Crippen molar-refractivity contribution in [1.29, 1.82) is 0 Å². The molecule has 1 aliphatic heterocycles. The van der Waals surface area contributed by atoms with E-state index in [1.807, 2.05) is 18.2 Å². The monoisotopic (exact) mass is 378 g/mol. The Balaban J connectivity index is 1.62. The predicted octanol–water partition coefficient (Wildman–Crippen LogP) is 3.62. The summed E-state index contributed by atoms with van der Waals surface area (Å²) in [4.78, 5) is 26.2. The second-order valence-electron chi connectivity index (χ2n) is 6.16. The van der Waals surface area contributed by atoms with Gasteiger partial charge in [-0.05, 0) is 24.3 Å². The van der Waals surface area contributed by atoms with Crippen LogP contribution in [0.3, 0.4) is 0 Å². The number of hydrogen-bond acceptors (Lipinski definition) is 3. The van der Waals surface area contributed by atoms with Gasteiger partial charge in [-0.15, -0.1) is 0 Å². The van der Waals surface area contributed by atoms with E-state index in [1.54, 1.807) is 23.1 Å². The molecule has 1 aliphatic rings. The fraction of sp³-hybridized carbons (Fsp3) is 0.263. The SMILES string of the molecule is O=C(Nc1cccc(OCC(F)(F)F)c1)C1CC(=O)N(c2ccccc2)C1. The second kappa shape index (κ2) is 7.69. The van der Waals surface area contributed by atoms with Crippen LogP contribution in [-0.4, -0.2) is 31.1 Å². The highest BCUT2D eigenvalue weighted by Gasteiger charge is 2.35. The molecule has 0 bridgehead atoms. The van der Waals surface area contributed by atoms with Crippen LogP contribution in [0.4, 0.5) is 24.5 Å². The molecule has 0 radical (unpaired) electrons. The zero-order valence-corrected chi connectivity index (χ0v) is 14.2. The maximum Gasteiger partial charge on any atom is 0.422 e. The summed E-state index contributed by atoms with van der Waals surface area (Å²) < 4.78 is 41.4. The van der Waals surface area contributed by atoms with Crippen molar-refractivity contribution in [3.05, 3.63) is 54.6 Å². The lowest BCUT2D eigenvalue weighted by Gasteiger charge is -2.16. The first-order chi connectivity index (χ1) is 12.8. The van der Waals surface area contributed by atoms with E-state index in [0.29, 0.717) is 5.69 Å². The fourth-order valence-corrected chi connectivity index (χ4v) is 2.81. The zero-order valence-electron chi connectivity index (χ0n) is 14.2. The van der Waals surface area contributed by atoms with Crippen LogP contribution in [0.15, 0.2) is 54.6 Å². The van der Waals surface area contributed by atoms with E-state index < -0.39 is 18.7 Å². The fourth-order valence-electron chi connectivity index (χ4n) is 2.81. The molecule has 142 valence electrons. The normalized spacial score (nSPS) is 17.1. The minimum absolute atomic E-state index is 0.00136. The zero-order chi connectivity index (χ0) is 19.4. The van der Waals surface area contributed by atoms with Crippen molar-refractivity contribution in [2.45, 2.75) is 12.6 Å². The van der Waals surface area contributed by atoms with Gasteiger partial charge in [0.25, 0.3) is 0 Å². The first kappa shape index (κ1) is 18.8. The van der Waals surface area contributed by atoms with Crippen molar-refractivity contribution in [1.82, 2.24) is 0 Å². The van der Waals surface area contributed by atoms with E-state index in [2.05, 4.69) is 10.1 Å². The third-order valence-electron chi connectivity index (χ3n) is 4.07. The molecule has 27 heavy (non-hydrogen) atoms. The van der Waals surface area contributed by atoms with Crippen LogP contribution in [0.2, 0.25) is 0 Å². The lowest BCUT2D eigenvalue weighted by molar-refractivity contribution is -0.153. The molecule has 2 aromatic rings. The summed E-state index contributed by atoms with van der Waals surface area (Å²) in [7, 11) is 0. The Morgan fingerprint density at radius 2 is 1.89 bits per heavy atom. The minimum atomic E-state index is -4.44. The smallest absolute Gasteiger partial charge is 0.422 e. The van der Waals surface area contributed by atoms with Gasteiger partial charge >= 0.3 is 6.18 Å². The van der Waals surface area contributed by atoms with E-state index in [4.69, 9.17) is 0 Å². The van der Waals surface area contributed by atoms with E-state index in [0.717, 1.165) is 5.69 Å². The highest BCUT2D eigenvalue weighted by Crippen LogP contribution is 2.27. The van der Waals surface area contributed by atoms with Gasteiger partial charge in [0.05, 0.1) is 5.92 Å². The van der Waals surface area contributed by atoms with Crippen molar-refractivity contribution in [2.24, 2.45) is 5.92 Å². The number of anilines is 2. The standard InChI is InChI=1S/C19H17F3N2O3/c20-19(21,22)12-27-16-8-4-5-14(10-16)23-18(26)13-9-17(25)24(11-13)15-6-2-1-3-7-15/h1-8,10,13H,9,11-12H2,(H,23,26). The summed E-state index contributed by atoms with van der Waals surface area (Å²) in [6, 6.07) is 14.8. The van der Waals surface area contributed by atoms with Crippen molar-refractivity contribution in [2.75, 3.05) is 23.4 Å². The van der Waals surface area contributed by atoms with Crippen molar-refractivity contribution in [3.63, 3.8) is 0 Å². The summed E-state index contributed by atoms with van der Waals surface area (Å²) in [5.41, 5.74) is 1.03. The number of hydrogen-bond donors (Lipinski definition) is 1. The molecule has 1 unspecified atom stereocenters. The van der Waals surface area contributed by atoms with Gasteiger partial charge < -0.3 is 15.0 Å². The molecule has 0 aliphatic carbocycles. The van der Waals surface area contributed by atoms with Crippen molar-refractivity contribution < 1.29 is 27.5 Å². The van der Waals surface area contributed by atoms with Gasteiger partial charge in [0, 0.05) is 30.4 Å². The van der Waals surface area contributed by atoms with E-state index in [1.165, 1.54) is 18.2 Å². The summed E-state index contributed by atoms with van der Waals surface area (Å²) in [6.45, 7) is -1.16. The Morgan fingerprint density at radius 1 is 1.15 bits per heavy atom. The Hall–Kier alpha value is -3.03. The Labute approximate surface area is 153 Å². The van der Waals surface area contributed by atoms with Crippen molar-refractivity contribution in [3.8, 4) is 5.75 Å². The van der Waals surface area contributed by atoms with E-state index in [-0.39, 0.29) is 30.5 Å². The third kappa shape index (κ3) is 4.99. The van der Waals surface area contributed by atoms with Gasteiger partial charge in [0.1, 0.15) is 5.75 Å². The largest absolute Gasteiger partial charge is 0.484 e. The van der Waals surface area contributed by atoms with Crippen LogP contribution >= 0.6 is 0 Å². The molecule has 0 aromatic heterocycles. The molecule has 1 N–H and O–H groups in total. The van der Waals surface area contributed by atoms with Gasteiger partial charge in [-0.2, -0.15) is 13.2 Å². The number of para-hydroxylation sites is 1. The van der Waals surface area contributed by atoms with Crippen LogP contribution in [0.1, 0.15) is 6.42 Å². The lowest BCUT2D eigenvalue weighted by atomic mass is 10.1. The average molecular weight is 378 g/mol. The van der Waals surface area contributed by atoms with E-state index in [9.17, 15) is 22.8 Å². The second-order valence-corrected chi connectivity index (χ2v) is 6.16. The number of benzene rings is 2. The molecule has 0 spiro atoms. The number of halogens is 3. The molecule has 5 nitrogen and oxygen atoms in total. The molecule has 2 amide bonds. The summed E-state index contributed by atoms with van der Waals surface area (Å²) in [5, 5.41) is 2.63. The molecular formula is C19H17F3N2O3. The van der Waals surface area contributed by atoms with Crippen LogP contribution in [0.25, 0.3) is 0 Å². The Bertz CT molecular complexity index is 824. The van der Waals surface area contributed by atoms with Gasteiger partial charge in [0.15, 0.2) is 6.61 Å². The van der Waals surface area contributed by atoms with Gasteiger partial charge in [-0.1, -0.05) is 24.3 Å². The molecule has 1 heterocycles.